The highest BCUT2D eigenvalue weighted by Gasteiger charge is 2.22. The minimum absolute atomic E-state index is 0.291. The first-order chi connectivity index (χ1) is 27.8. The summed E-state index contributed by atoms with van der Waals surface area (Å²) >= 11 is 0. The highest BCUT2D eigenvalue weighted by Crippen LogP contribution is 2.41. The van der Waals surface area contributed by atoms with Gasteiger partial charge in [-0.25, -0.2) is 0 Å². The summed E-state index contributed by atoms with van der Waals surface area (Å²) in [6.45, 7) is 0.885. The van der Waals surface area contributed by atoms with E-state index in [0.29, 0.717) is 6.04 Å². The molecule has 0 bridgehead atoms. The number of rotatable bonds is 4. The maximum atomic E-state index is 2.56. The van der Waals surface area contributed by atoms with E-state index >= 15 is 0 Å². The first-order valence-corrected chi connectivity index (χ1v) is 19.8. The number of para-hydroxylation sites is 3. The summed E-state index contributed by atoms with van der Waals surface area (Å²) in [7, 11) is 0. The summed E-state index contributed by atoms with van der Waals surface area (Å²) in [5, 5.41) is 10.3. The molecule has 266 valence electrons. The van der Waals surface area contributed by atoms with Gasteiger partial charge in [0.2, 0.25) is 0 Å². The lowest BCUT2D eigenvalue weighted by Crippen LogP contribution is -2.35. The Balaban J connectivity index is 0.986. The van der Waals surface area contributed by atoms with E-state index in [-0.39, 0.29) is 0 Å². The molecule has 9 aromatic rings. The van der Waals surface area contributed by atoms with Crippen LogP contribution in [0.3, 0.4) is 0 Å². The molecule has 0 N–H and O–H groups in total. The smallest absolute Gasteiger partial charge is 0.0541 e. The van der Waals surface area contributed by atoms with Crippen LogP contribution in [0.15, 0.2) is 200 Å². The number of nitrogens with zero attached hydrogens (tertiary/aromatic N) is 2. The molecule has 2 aliphatic rings. The molecule has 1 aromatic heterocycles. The fourth-order valence-electron chi connectivity index (χ4n) is 9.37. The molecule has 11 rings (SSSR count). The van der Waals surface area contributed by atoms with E-state index in [1.165, 1.54) is 93.3 Å². The maximum Gasteiger partial charge on any atom is 0.0541 e. The van der Waals surface area contributed by atoms with Crippen LogP contribution in [0, 0.1) is 0 Å². The molecule has 2 heterocycles. The summed E-state index contributed by atoms with van der Waals surface area (Å²) < 4.78 is 2.39. The van der Waals surface area contributed by atoms with E-state index in [2.05, 4.69) is 210 Å². The van der Waals surface area contributed by atoms with Crippen molar-refractivity contribution in [2.24, 2.45) is 0 Å². The molecule has 2 nitrogen and oxygen atoms in total. The molecule has 8 aromatic carbocycles. The molecule has 1 atom stereocenters. The molecular formula is C54H40N2. The molecular weight excluding hydrogens is 677 g/mol. The Labute approximate surface area is 327 Å². The van der Waals surface area contributed by atoms with Gasteiger partial charge < -0.3 is 9.47 Å². The average Bonchev–Trinajstić information content (AvgIpc) is 3.65. The minimum Gasteiger partial charge on any atom is -0.361 e. The molecule has 0 saturated heterocycles. The van der Waals surface area contributed by atoms with Gasteiger partial charge in [-0.2, -0.15) is 0 Å². The first-order valence-electron chi connectivity index (χ1n) is 19.8. The van der Waals surface area contributed by atoms with Crippen LogP contribution >= 0.6 is 0 Å². The van der Waals surface area contributed by atoms with Gasteiger partial charge in [0.05, 0.1) is 17.1 Å². The predicted molar refractivity (Wildman–Crippen MR) is 240 cm³/mol. The van der Waals surface area contributed by atoms with Gasteiger partial charge in [0.15, 0.2) is 0 Å². The van der Waals surface area contributed by atoms with E-state index in [1.807, 2.05) is 0 Å². The quantitative estimate of drug-likeness (QED) is 0.165. The lowest BCUT2D eigenvalue weighted by Gasteiger charge is -2.33. The van der Waals surface area contributed by atoms with Gasteiger partial charge in [0, 0.05) is 28.7 Å². The number of allylic oxidation sites excluding steroid dienone is 5. The third-order valence-electron chi connectivity index (χ3n) is 12.0. The van der Waals surface area contributed by atoms with Gasteiger partial charge in [0.1, 0.15) is 0 Å². The number of hydrogen-bond acceptors (Lipinski definition) is 1. The fraction of sp³-hybridized carbons (Fsp3) is 0.0741. The summed E-state index contributed by atoms with van der Waals surface area (Å²) in [6.07, 6.45) is 18.1. The average molecular weight is 717 g/mol. The molecule has 56 heavy (non-hydrogen) atoms. The zero-order chi connectivity index (χ0) is 37.0. The second-order valence-electron chi connectivity index (χ2n) is 15.1. The van der Waals surface area contributed by atoms with E-state index in [0.717, 1.165) is 19.4 Å². The minimum atomic E-state index is 0.291. The van der Waals surface area contributed by atoms with Crippen molar-refractivity contribution >= 4 is 65.4 Å². The number of benzene rings is 8. The number of aromatic nitrogens is 1. The van der Waals surface area contributed by atoms with Crippen molar-refractivity contribution in [2.75, 3.05) is 11.4 Å². The highest BCUT2D eigenvalue weighted by molar-refractivity contribution is 6.21. The lowest BCUT2D eigenvalue weighted by molar-refractivity contribution is 0.722. The molecule has 0 spiro atoms. The Morgan fingerprint density at radius 2 is 1.11 bits per heavy atom. The van der Waals surface area contributed by atoms with Crippen LogP contribution in [-0.2, 0) is 6.42 Å². The topological polar surface area (TPSA) is 8.17 Å². The lowest BCUT2D eigenvalue weighted by atomic mass is 9.87. The van der Waals surface area contributed by atoms with Crippen molar-refractivity contribution < 1.29 is 0 Å². The van der Waals surface area contributed by atoms with Crippen molar-refractivity contribution in [3.8, 4) is 16.8 Å². The van der Waals surface area contributed by atoms with Crippen molar-refractivity contribution in [1.82, 2.24) is 4.57 Å². The highest BCUT2D eigenvalue weighted by atomic mass is 15.2. The van der Waals surface area contributed by atoms with Crippen LogP contribution in [0.25, 0.3) is 76.5 Å². The van der Waals surface area contributed by atoms with Crippen LogP contribution in [0.5, 0.6) is 0 Å². The maximum absolute atomic E-state index is 2.56. The van der Waals surface area contributed by atoms with Crippen LogP contribution in [0.2, 0.25) is 0 Å². The monoisotopic (exact) mass is 716 g/mol. The van der Waals surface area contributed by atoms with Gasteiger partial charge in [-0.3, -0.25) is 0 Å². The number of anilines is 1. The Morgan fingerprint density at radius 1 is 0.482 bits per heavy atom. The molecule has 1 unspecified atom stereocenters. The third kappa shape index (κ3) is 5.33. The van der Waals surface area contributed by atoms with Gasteiger partial charge in [0.25, 0.3) is 0 Å². The van der Waals surface area contributed by atoms with Crippen molar-refractivity contribution in [1.29, 1.82) is 0 Å². The van der Waals surface area contributed by atoms with Crippen molar-refractivity contribution in [3.05, 3.63) is 211 Å². The second kappa shape index (κ2) is 13.4. The van der Waals surface area contributed by atoms with E-state index < -0.39 is 0 Å². The first kappa shape index (κ1) is 32.5. The van der Waals surface area contributed by atoms with Crippen LogP contribution in [0.4, 0.5) is 5.69 Å². The van der Waals surface area contributed by atoms with Crippen molar-refractivity contribution in [2.45, 2.75) is 18.9 Å². The second-order valence-corrected chi connectivity index (χ2v) is 15.1. The SMILES string of the molecule is C1=CC(N2C/C=C\C=C/Cc3ccccc32)CC=C1c1cc2c3cccc(-c4ccc(-n5c6ccccc6c6ccccc65)cc4)c3ccc2c2ccccc12. The Hall–Kier alpha value is -6.90. The van der Waals surface area contributed by atoms with Gasteiger partial charge in [-0.05, 0) is 109 Å². The fourth-order valence-corrected chi connectivity index (χ4v) is 9.37. The zero-order valence-corrected chi connectivity index (χ0v) is 31.1. The van der Waals surface area contributed by atoms with Gasteiger partial charge in [-0.15, -0.1) is 0 Å². The number of fused-ring (bicyclic) bond motifs is 9. The summed E-state index contributed by atoms with van der Waals surface area (Å²) in [4.78, 5) is 2.56. The zero-order valence-electron chi connectivity index (χ0n) is 31.1. The Bertz CT molecular complexity index is 3060. The standard InChI is InChI=1S/C54H40N2/c1-2-12-35-55(52-22-9-4-15-39(52)14-3-1)40-29-25-38(26-30-40)50-36-51-45-21-13-20-42(46(45)33-34-47(51)43-16-5-6-17-44(43)50)37-27-31-41(32-28-37)56-53-23-10-7-18-48(53)49-19-8-11-24-54(49)56/h1-13,15-29,31-34,36,40H,14,30,35H2/b3-1-,12-2-. The molecule has 0 saturated carbocycles. The molecule has 1 aliphatic carbocycles. The normalized spacial score (nSPS) is 16.8. The van der Waals surface area contributed by atoms with Gasteiger partial charge >= 0.3 is 0 Å². The molecule has 0 radical (unpaired) electrons. The van der Waals surface area contributed by atoms with Crippen LogP contribution < -0.4 is 4.90 Å². The largest absolute Gasteiger partial charge is 0.361 e. The molecule has 2 heteroatoms. The Kier molecular flexibility index (Phi) is 7.81. The van der Waals surface area contributed by atoms with Crippen molar-refractivity contribution in [3.63, 3.8) is 0 Å². The third-order valence-corrected chi connectivity index (χ3v) is 12.0. The van der Waals surface area contributed by atoms with E-state index in [9.17, 15) is 0 Å². The molecule has 1 aliphatic heterocycles. The predicted octanol–water partition coefficient (Wildman–Crippen LogP) is 13.8. The van der Waals surface area contributed by atoms with E-state index in [4.69, 9.17) is 0 Å². The summed E-state index contributed by atoms with van der Waals surface area (Å²) in [5.74, 6) is 0. The Morgan fingerprint density at radius 3 is 1.89 bits per heavy atom. The van der Waals surface area contributed by atoms with Crippen LogP contribution in [-0.4, -0.2) is 17.2 Å². The van der Waals surface area contributed by atoms with Gasteiger partial charge in [-0.1, -0.05) is 164 Å². The molecule has 0 amide bonds. The molecule has 0 fully saturated rings. The summed E-state index contributed by atoms with van der Waals surface area (Å²) in [6, 6.07) is 58.6. The van der Waals surface area contributed by atoms with Crippen LogP contribution in [0.1, 0.15) is 17.5 Å². The van der Waals surface area contributed by atoms with E-state index in [1.54, 1.807) is 0 Å². The number of hydrogen-bond donors (Lipinski definition) is 0. The summed E-state index contributed by atoms with van der Waals surface area (Å²) in [5.41, 5.74) is 11.4.